The van der Waals surface area contributed by atoms with Crippen molar-refractivity contribution in [1.29, 1.82) is 0 Å². The molecule has 1 fully saturated rings. The molecule has 5 rings (SSSR count). The van der Waals surface area contributed by atoms with Gasteiger partial charge in [0.15, 0.2) is 5.79 Å². The Morgan fingerprint density at radius 3 is 2.57 bits per heavy atom. The van der Waals surface area contributed by atoms with E-state index in [0.717, 1.165) is 41.3 Å². The number of nitrogens with one attached hydrogen (secondary N) is 1. The second kappa shape index (κ2) is 9.81. The molecule has 9 nitrogen and oxygen atoms in total. The number of fused-ring (bicyclic) bond motifs is 1. The van der Waals surface area contributed by atoms with E-state index in [1.807, 2.05) is 30.3 Å². The molecule has 10 heteroatoms. The Balaban J connectivity index is 1.42. The summed E-state index contributed by atoms with van der Waals surface area (Å²) in [5.74, 6) is 0.356. The van der Waals surface area contributed by atoms with Gasteiger partial charge in [-0.05, 0) is 68.7 Å². The highest BCUT2D eigenvalue weighted by Gasteiger charge is 2.45. The molecule has 1 saturated heterocycles. The number of ether oxygens (including phenoxy) is 2. The van der Waals surface area contributed by atoms with Crippen molar-refractivity contribution in [3.63, 3.8) is 0 Å². The van der Waals surface area contributed by atoms with Gasteiger partial charge in [0.05, 0.1) is 13.2 Å². The van der Waals surface area contributed by atoms with E-state index in [9.17, 15) is 9.90 Å². The SMILES string of the molecule is CCCCc1ccc(-c2nc(-c3ccc4oc(C5(NC(=O)O)COC(C)(C)OC5)cc4c3)no2)cc1Cl. The second-order valence-electron chi connectivity index (χ2n) is 9.69. The van der Waals surface area contributed by atoms with Crippen LogP contribution in [0.2, 0.25) is 5.02 Å². The number of furan rings is 1. The van der Waals surface area contributed by atoms with Crippen LogP contribution in [0.1, 0.15) is 44.9 Å². The van der Waals surface area contributed by atoms with Gasteiger partial charge in [-0.3, -0.25) is 0 Å². The van der Waals surface area contributed by atoms with Gasteiger partial charge in [-0.2, -0.15) is 4.98 Å². The van der Waals surface area contributed by atoms with E-state index in [1.54, 1.807) is 26.0 Å². The molecule has 3 heterocycles. The Hall–Kier alpha value is -3.40. The summed E-state index contributed by atoms with van der Waals surface area (Å²) in [7, 11) is 0. The number of benzene rings is 2. The summed E-state index contributed by atoms with van der Waals surface area (Å²) in [6.07, 6.45) is 1.90. The number of hydrogen-bond donors (Lipinski definition) is 2. The fourth-order valence-corrected chi connectivity index (χ4v) is 4.56. The quantitative estimate of drug-likeness (QED) is 0.285. The van der Waals surface area contributed by atoms with Crippen molar-refractivity contribution < 1.29 is 28.3 Å². The highest BCUT2D eigenvalue weighted by atomic mass is 35.5. The fourth-order valence-electron chi connectivity index (χ4n) is 4.28. The maximum Gasteiger partial charge on any atom is 0.405 e. The minimum atomic E-state index is -1.20. The van der Waals surface area contributed by atoms with Crippen LogP contribution in [-0.2, 0) is 21.4 Å². The monoisotopic (exact) mass is 525 g/mol. The van der Waals surface area contributed by atoms with Crippen molar-refractivity contribution in [2.75, 3.05) is 13.2 Å². The minimum Gasteiger partial charge on any atom is -0.465 e. The highest BCUT2D eigenvalue weighted by molar-refractivity contribution is 6.31. The summed E-state index contributed by atoms with van der Waals surface area (Å²) in [5.41, 5.74) is 1.97. The average molecular weight is 526 g/mol. The van der Waals surface area contributed by atoms with Crippen molar-refractivity contribution in [2.24, 2.45) is 0 Å². The lowest BCUT2D eigenvalue weighted by molar-refractivity contribution is -0.274. The summed E-state index contributed by atoms with van der Waals surface area (Å²) in [6, 6.07) is 13.0. The number of aryl methyl sites for hydroxylation is 1. The summed E-state index contributed by atoms with van der Waals surface area (Å²) in [4.78, 5) is 16.1. The maximum atomic E-state index is 11.6. The molecule has 37 heavy (non-hydrogen) atoms. The van der Waals surface area contributed by atoms with Gasteiger partial charge in [-0.1, -0.05) is 36.2 Å². The molecule has 1 aliphatic rings. The summed E-state index contributed by atoms with van der Waals surface area (Å²) in [6.45, 7) is 5.82. The third kappa shape index (κ3) is 5.20. The average Bonchev–Trinajstić information content (AvgIpc) is 3.52. The molecule has 2 aromatic carbocycles. The number of amides is 1. The second-order valence-corrected chi connectivity index (χ2v) is 10.1. The van der Waals surface area contributed by atoms with Crippen LogP contribution in [0.4, 0.5) is 4.79 Å². The molecular weight excluding hydrogens is 498 g/mol. The zero-order chi connectivity index (χ0) is 26.2. The van der Waals surface area contributed by atoms with E-state index in [0.29, 0.717) is 28.1 Å². The number of aromatic nitrogens is 2. The lowest BCUT2D eigenvalue weighted by Gasteiger charge is -2.41. The van der Waals surface area contributed by atoms with Crippen molar-refractivity contribution in [3.8, 4) is 22.8 Å². The van der Waals surface area contributed by atoms with Gasteiger partial charge in [0.25, 0.3) is 5.89 Å². The topological polar surface area (TPSA) is 120 Å². The lowest BCUT2D eigenvalue weighted by Crippen LogP contribution is -2.58. The third-order valence-corrected chi connectivity index (χ3v) is 6.80. The van der Waals surface area contributed by atoms with E-state index >= 15 is 0 Å². The fraction of sp³-hybridized carbons (Fsp3) is 0.370. The van der Waals surface area contributed by atoms with E-state index in [4.69, 9.17) is 30.0 Å². The van der Waals surface area contributed by atoms with Crippen LogP contribution < -0.4 is 5.32 Å². The predicted molar refractivity (Wildman–Crippen MR) is 137 cm³/mol. The molecule has 0 radical (unpaired) electrons. The number of carboxylic acid groups (broad SMARTS) is 1. The Morgan fingerprint density at radius 2 is 1.86 bits per heavy atom. The minimum absolute atomic E-state index is 0.0625. The lowest BCUT2D eigenvalue weighted by atomic mass is 9.96. The molecule has 194 valence electrons. The maximum absolute atomic E-state index is 11.6. The zero-order valence-corrected chi connectivity index (χ0v) is 21.6. The molecule has 0 aliphatic carbocycles. The molecule has 2 N–H and O–H groups in total. The molecule has 2 aromatic heterocycles. The van der Waals surface area contributed by atoms with Gasteiger partial charge in [-0.25, -0.2) is 4.79 Å². The van der Waals surface area contributed by atoms with Crippen LogP contribution in [-0.4, -0.2) is 40.3 Å². The van der Waals surface area contributed by atoms with Gasteiger partial charge < -0.3 is 28.8 Å². The summed E-state index contributed by atoms with van der Waals surface area (Å²) in [5, 5.41) is 17.6. The predicted octanol–water partition coefficient (Wildman–Crippen LogP) is 6.39. The van der Waals surface area contributed by atoms with Crippen LogP contribution >= 0.6 is 11.6 Å². The Morgan fingerprint density at radius 1 is 1.11 bits per heavy atom. The molecular formula is C27H28ClN3O6. The van der Waals surface area contributed by atoms with Gasteiger partial charge in [0.2, 0.25) is 5.82 Å². The van der Waals surface area contributed by atoms with Crippen molar-refractivity contribution >= 4 is 28.7 Å². The molecule has 4 aromatic rings. The largest absolute Gasteiger partial charge is 0.465 e. The molecule has 0 unspecified atom stereocenters. The number of nitrogens with zero attached hydrogens (tertiary/aromatic N) is 2. The first-order chi connectivity index (χ1) is 17.7. The number of hydrogen-bond acceptors (Lipinski definition) is 7. The smallest absolute Gasteiger partial charge is 0.405 e. The first-order valence-corrected chi connectivity index (χ1v) is 12.5. The first kappa shape index (κ1) is 25.3. The number of carbonyl (C=O) groups is 1. The van der Waals surface area contributed by atoms with Crippen LogP contribution in [0.15, 0.2) is 51.4 Å². The molecule has 0 atom stereocenters. The summed E-state index contributed by atoms with van der Waals surface area (Å²) >= 11 is 6.47. The van der Waals surface area contributed by atoms with E-state index in [2.05, 4.69) is 22.4 Å². The van der Waals surface area contributed by atoms with Crippen LogP contribution in [0.5, 0.6) is 0 Å². The van der Waals surface area contributed by atoms with Crippen LogP contribution in [0, 0.1) is 0 Å². The van der Waals surface area contributed by atoms with Gasteiger partial charge in [0.1, 0.15) is 16.9 Å². The van der Waals surface area contributed by atoms with Crippen molar-refractivity contribution in [1.82, 2.24) is 15.5 Å². The van der Waals surface area contributed by atoms with Gasteiger partial charge in [0, 0.05) is 21.5 Å². The van der Waals surface area contributed by atoms with Crippen LogP contribution in [0.3, 0.4) is 0 Å². The number of rotatable bonds is 7. The molecule has 0 saturated carbocycles. The van der Waals surface area contributed by atoms with Crippen molar-refractivity contribution in [3.05, 3.63) is 58.8 Å². The molecule has 1 amide bonds. The van der Waals surface area contributed by atoms with E-state index < -0.39 is 17.4 Å². The van der Waals surface area contributed by atoms with Gasteiger partial charge >= 0.3 is 6.09 Å². The number of unbranched alkanes of at least 4 members (excludes halogenated alkanes) is 1. The van der Waals surface area contributed by atoms with E-state index in [1.165, 1.54) is 0 Å². The molecule has 1 aliphatic heterocycles. The first-order valence-electron chi connectivity index (χ1n) is 12.1. The summed E-state index contributed by atoms with van der Waals surface area (Å²) < 4.78 is 23.1. The van der Waals surface area contributed by atoms with Crippen LogP contribution in [0.25, 0.3) is 33.8 Å². The van der Waals surface area contributed by atoms with E-state index in [-0.39, 0.29) is 13.2 Å². The van der Waals surface area contributed by atoms with Crippen molar-refractivity contribution in [2.45, 2.75) is 51.4 Å². The Bertz CT molecular complexity index is 1430. The van der Waals surface area contributed by atoms with Gasteiger partial charge in [-0.15, -0.1) is 0 Å². The normalized spacial score (nSPS) is 16.6. The Kier molecular flexibility index (Phi) is 6.70. The highest BCUT2D eigenvalue weighted by Crippen LogP contribution is 2.36. The third-order valence-electron chi connectivity index (χ3n) is 6.45. The number of halogens is 1. The zero-order valence-electron chi connectivity index (χ0n) is 20.8. The molecule has 0 spiro atoms. The molecule has 0 bridgehead atoms. The Labute approximate surface area is 218 Å². The standard InChI is InChI=1S/C27H28ClN3O6/c1-4-5-6-16-7-8-18(12-20(16)28)24-29-23(31-37-24)17-9-10-21-19(11-17)13-22(36-21)27(30-25(32)33)14-34-26(2,3)35-15-27/h7-13,30H,4-6,14-15H2,1-3H3,(H,32,33).